The van der Waals surface area contributed by atoms with Crippen LogP contribution in [-0.2, 0) is 15.5 Å². The van der Waals surface area contributed by atoms with Crippen LogP contribution >= 0.6 is 24.0 Å². The van der Waals surface area contributed by atoms with Crippen LogP contribution in [0.5, 0.6) is 0 Å². The van der Waals surface area contributed by atoms with Crippen LogP contribution in [0.3, 0.4) is 0 Å². The van der Waals surface area contributed by atoms with Gasteiger partial charge in [-0.05, 0) is 31.7 Å². The maximum Gasteiger partial charge on any atom is 0.191 e. The number of hydrogen-bond donors (Lipinski definition) is 2. The van der Waals surface area contributed by atoms with Crippen molar-refractivity contribution in [3.8, 4) is 0 Å². The van der Waals surface area contributed by atoms with Gasteiger partial charge in [-0.1, -0.05) is 43.7 Å². The third kappa shape index (κ3) is 8.07. The lowest BCUT2D eigenvalue weighted by Crippen LogP contribution is -2.46. The molecule has 1 aliphatic carbocycles. The van der Waals surface area contributed by atoms with Gasteiger partial charge in [-0.15, -0.1) is 24.0 Å². The van der Waals surface area contributed by atoms with E-state index in [1.54, 1.807) is 7.11 Å². The zero-order valence-corrected chi connectivity index (χ0v) is 19.8. The minimum absolute atomic E-state index is 0. The van der Waals surface area contributed by atoms with Crippen molar-refractivity contribution in [2.24, 2.45) is 4.99 Å². The third-order valence-corrected chi connectivity index (χ3v) is 6.58. The summed E-state index contributed by atoms with van der Waals surface area (Å²) < 4.78 is 17.8. The number of guanidine groups is 1. The molecule has 2 N–H and O–H groups in total. The van der Waals surface area contributed by atoms with Gasteiger partial charge in [-0.25, -0.2) is 0 Å². The number of halogens is 1. The van der Waals surface area contributed by atoms with Gasteiger partial charge in [0.15, 0.2) is 5.96 Å². The monoisotopic (exact) mass is 507 g/mol. The number of nitrogens with zero attached hydrogens (tertiary/aromatic N) is 1. The number of aliphatic imine (C=N–C) groups is 1. The van der Waals surface area contributed by atoms with Crippen LogP contribution in [0, 0.1) is 0 Å². The first-order chi connectivity index (χ1) is 12.7. The molecule has 1 aromatic carbocycles. The van der Waals surface area contributed by atoms with E-state index in [1.807, 2.05) is 25.1 Å². The van der Waals surface area contributed by atoms with E-state index in [1.165, 1.54) is 0 Å². The average Bonchev–Trinajstić information content (AvgIpc) is 2.69. The van der Waals surface area contributed by atoms with Gasteiger partial charge in [0.05, 0.1) is 6.54 Å². The van der Waals surface area contributed by atoms with E-state index in [4.69, 9.17) is 9.73 Å². The van der Waals surface area contributed by atoms with Gasteiger partial charge in [0.25, 0.3) is 0 Å². The van der Waals surface area contributed by atoms with Crippen molar-refractivity contribution in [3.63, 3.8) is 0 Å². The van der Waals surface area contributed by atoms with E-state index in [0.29, 0.717) is 17.8 Å². The van der Waals surface area contributed by atoms with Crippen LogP contribution in [0.1, 0.15) is 51.2 Å². The number of rotatable bonds is 8. The molecule has 0 bridgehead atoms. The zero-order chi connectivity index (χ0) is 18.8. The summed E-state index contributed by atoms with van der Waals surface area (Å²) >= 11 is 0. The fraction of sp³-hybridized carbons (Fsp3) is 0.650. The smallest absolute Gasteiger partial charge is 0.191 e. The standard InChI is InChI=1S/C20H33N3O2S.HI/c1-4-21-20(22-15-19(25-3)16-10-7-6-8-11-16)23-17-12-9-13-18(14-17)26(24)5-2;/h6-8,10-11,17-19H,4-5,9,12-15H2,1-3H3,(H2,21,22,23);1H. The van der Waals surface area contributed by atoms with Crippen LogP contribution in [0.25, 0.3) is 0 Å². The van der Waals surface area contributed by atoms with E-state index in [-0.39, 0.29) is 30.1 Å². The molecule has 27 heavy (non-hydrogen) atoms. The van der Waals surface area contributed by atoms with Crippen molar-refractivity contribution < 1.29 is 8.95 Å². The summed E-state index contributed by atoms with van der Waals surface area (Å²) in [5, 5.41) is 7.18. The Hall–Kier alpha value is -0.670. The van der Waals surface area contributed by atoms with E-state index in [9.17, 15) is 4.21 Å². The molecule has 0 aromatic heterocycles. The summed E-state index contributed by atoms with van der Waals surface area (Å²) in [6.07, 6.45) is 4.20. The third-order valence-electron chi connectivity index (χ3n) is 4.84. The lowest BCUT2D eigenvalue weighted by atomic mass is 9.95. The van der Waals surface area contributed by atoms with Crippen molar-refractivity contribution >= 4 is 40.7 Å². The Bertz CT molecular complexity index is 586. The summed E-state index contributed by atoms with van der Waals surface area (Å²) in [6, 6.07) is 10.5. The Morgan fingerprint density at radius 1 is 1.30 bits per heavy atom. The van der Waals surface area contributed by atoms with Gasteiger partial charge < -0.3 is 15.4 Å². The summed E-state index contributed by atoms with van der Waals surface area (Å²) in [4.78, 5) is 4.74. The van der Waals surface area contributed by atoms with Crippen molar-refractivity contribution in [2.75, 3.05) is 26.0 Å². The van der Waals surface area contributed by atoms with Crippen LogP contribution in [0.4, 0.5) is 0 Å². The lowest BCUT2D eigenvalue weighted by Gasteiger charge is -2.30. The van der Waals surface area contributed by atoms with Gasteiger partial charge in [0, 0.05) is 41.5 Å². The molecule has 0 heterocycles. The largest absolute Gasteiger partial charge is 0.375 e. The first-order valence-corrected chi connectivity index (χ1v) is 11.1. The van der Waals surface area contributed by atoms with Crippen molar-refractivity contribution in [1.82, 2.24) is 10.6 Å². The molecular formula is C20H34IN3O2S. The van der Waals surface area contributed by atoms with Crippen LogP contribution in [0.2, 0.25) is 0 Å². The molecule has 1 aromatic rings. The molecule has 1 aliphatic rings. The zero-order valence-electron chi connectivity index (χ0n) is 16.6. The van der Waals surface area contributed by atoms with Crippen LogP contribution in [-0.4, -0.2) is 47.4 Å². The Morgan fingerprint density at radius 2 is 2.04 bits per heavy atom. The second-order valence-corrected chi connectivity index (χ2v) is 8.66. The Balaban J connectivity index is 0.00000364. The molecule has 7 heteroatoms. The normalized spacial score (nSPS) is 22.4. The molecule has 4 unspecified atom stereocenters. The lowest BCUT2D eigenvalue weighted by molar-refractivity contribution is 0.111. The van der Waals surface area contributed by atoms with Crippen molar-refractivity contribution in [1.29, 1.82) is 0 Å². The highest BCUT2D eigenvalue weighted by atomic mass is 127. The minimum Gasteiger partial charge on any atom is -0.375 e. The van der Waals surface area contributed by atoms with Crippen LogP contribution in [0.15, 0.2) is 35.3 Å². The number of ether oxygens (including phenoxy) is 1. The number of benzene rings is 1. The van der Waals surface area contributed by atoms with E-state index >= 15 is 0 Å². The molecule has 0 radical (unpaired) electrons. The second kappa shape index (κ2) is 13.5. The first-order valence-electron chi connectivity index (χ1n) is 9.67. The first kappa shape index (κ1) is 24.4. The highest BCUT2D eigenvalue weighted by Crippen LogP contribution is 2.23. The van der Waals surface area contributed by atoms with Crippen LogP contribution < -0.4 is 10.6 Å². The van der Waals surface area contributed by atoms with Gasteiger partial charge in [0.2, 0.25) is 0 Å². The molecular weight excluding hydrogens is 473 g/mol. The Labute approximate surface area is 183 Å². The quantitative estimate of drug-likeness (QED) is 0.321. The fourth-order valence-electron chi connectivity index (χ4n) is 3.42. The topological polar surface area (TPSA) is 62.7 Å². The second-order valence-electron chi connectivity index (χ2n) is 6.65. The summed E-state index contributed by atoms with van der Waals surface area (Å²) in [5.74, 6) is 1.57. The summed E-state index contributed by atoms with van der Waals surface area (Å²) in [7, 11) is 1.01. The van der Waals surface area contributed by atoms with Crippen molar-refractivity contribution in [3.05, 3.63) is 35.9 Å². The summed E-state index contributed by atoms with van der Waals surface area (Å²) in [5.41, 5.74) is 1.13. The molecule has 2 rings (SSSR count). The molecule has 0 spiro atoms. The number of hydrogen-bond acceptors (Lipinski definition) is 3. The number of nitrogens with one attached hydrogen (secondary N) is 2. The Kier molecular flexibility index (Phi) is 12.2. The molecule has 0 saturated heterocycles. The molecule has 1 fully saturated rings. The van der Waals surface area contributed by atoms with E-state index in [0.717, 1.165) is 49.5 Å². The maximum absolute atomic E-state index is 12.2. The maximum atomic E-state index is 12.2. The van der Waals surface area contributed by atoms with Gasteiger partial charge in [-0.2, -0.15) is 0 Å². The highest BCUT2D eigenvalue weighted by molar-refractivity contribution is 14.0. The predicted molar refractivity (Wildman–Crippen MR) is 125 cm³/mol. The minimum atomic E-state index is -0.710. The molecule has 4 atom stereocenters. The molecule has 154 valence electrons. The molecule has 0 aliphatic heterocycles. The van der Waals surface area contributed by atoms with E-state index in [2.05, 4.69) is 29.7 Å². The Morgan fingerprint density at radius 3 is 2.67 bits per heavy atom. The van der Waals surface area contributed by atoms with Gasteiger partial charge in [0.1, 0.15) is 6.10 Å². The average molecular weight is 507 g/mol. The molecule has 0 amide bonds. The SMILES string of the molecule is CCNC(=NCC(OC)c1ccccc1)NC1CCCC(S(=O)CC)C1.I. The van der Waals surface area contributed by atoms with Gasteiger partial charge >= 0.3 is 0 Å². The summed E-state index contributed by atoms with van der Waals surface area (Å²) in [6.45, 7) is 5.45. The fourth-order valence-corrected chi connectivity index (χ4v) is 4.77. The van der Waals surface area contributed by atoms with Crippen molar-refractivity contribution in [2.45, 2.75) is 56.9 Å². The number of methoxy groups -OCH3 is 1. The highest BCUT2D eigenvalue weighted by Gasteiger charge is 2.26. The molecule has 5 nitrogen and oxygen atoms in total. The molecule has 1 saturated carbocycles. The van der Waals surface area contributed by atoms with Gasteiger partial charge in [-0.3, -0.25) is 9.20 Å². The van der Waals surface area contributed by atoms with E-state index < -0.39 is 10.8 Å². The predicted octanol–water partition coefficient (Wildman–Crippen LogP) is 3.63.